The first-order valence-electron chi connectivity index (χ1n) is 7.54. The maximum Gasteiger partial charge on any atom is 0.269 e. The average Bonchev–Trinajstić information content (AvgIpc) is 2.97. The number of hydrogen-bond donors (Lipinski definition) is 0. The highest BCUT2D eigenvalue weighted by molar-refractivity contribution is 7.20. The Bertz CT molecular complexity index is 769. The third-order valence-electron chi connectivity index (χ3n) is 3.51. The lowest BCUT2D eigenvalue weighted by molar-refractivity contribution is 0.0849. The summed E-state index contributed by atoms with van der Waals surface area (Å²) in [6.45, 7) is 2.51. The van der Waals surface area contributed by atoms with Crippen LogP contribution in [0.4, 0.5) is 5.69 Å². The summed E-state index contributed by atoms with van der Waals surface area (Å²) in [6.07, 6.45) is 5.18. The third kappa shape index (κ3) is 4.13. The second kappa shape index (κ2) is 8.26. The van der Waals surface area contributed by atoms with E-state index in [-0.39, 0.29) is 11.8 Å². The van der Waals surface area contributed by atoms with E-state index in [0.717, 1.165) is 15.9 Å². The molecule has 128 valence electrons. The van der Waals surface area contributed by atoms with Crippen molar-refractivity contribution in [2.75, 3.05) is 32.6 Å². The van der Waals surface area contributed by atoms with Crippen LogP contribution < -0.4 is 4.90 Å². The highest BCUT2D eigenvalue weighted by Gasteiger charge is 2.20. The summed E-state index contributed by atoms with van der Waals surface area (Å²) in [4.78, 5) is 26.4. The number of rotatable bonds is 6. The summed E-state index contributed by atoms with van der Waals surface area (Å²) in [5.41, 5.74) is 2.52. The molecular formula is C17H21ClN4OS. The minimum atomic E-state index is -0.0804. The molecule has 24 heavy (non-hydrogen) atoms. The molecule has 1 amide bonds. The number of aliphatic imine (C=N–C) groups is 1. The van der Waals surface area contributed by atoms with Gasteiger partial charge in [0, 0.05) is 50.5 Å². The molecule has 1 unspecified atom stereocenters. The lowest BCUT2D eigenvalue weighted by Crippen LogP contribution is -2.32. The number of hydrogen-bond acceptors (Lipinski definition) is 5. The number of halogens is 1. The molecule has 7 heteroatoms. The largest absolute Gasteiger partial charge is 0.377 e. The van der Waals surface area contributed by atoms with Gasteiger partial charge in [-0.3, -0.25) is 14.7 Å². The number of carbonyl (C=O) groups is 1. The zero-order chi connectivity index (χ0) is 17.7. The van der Waals surface area contributed by atoms with Crippen molar-refractivity contribution in [2.45, 2.75) is 6.92 Å². The summed E-state index contributed by atoms with van der Waals surface area (Å²) < 4.78 is 0. The Morgan fingerprint density at radius 3 is 2.88 bits per heavy atom. The van der Waals surface area contributed by atoms with Gasteiger partial charge in [0.25, 0.3) is 5.91 Å². The van der Waals surface area contributed by atoms with E-state index in [4.69, 9.17) is 11.6 Å². The van der Waals surface area contributed by atoms with Crippen molar-refractivity contribution in [1.29, 1.82) is 0 Å². The summed E-state index contributed by atoms with van der Waals surface area (Å²) in [5.74, 6) is 0.0532. The highest BCUT2D eigenvalue weighted by atomic mass is 35.5. The maximum atomic E-state index is 12.9. The van der Waals surface area contributed by atoms with Crippen LogP contribution in [0.2, 0.25) is 0 Å². The molecule has 0 aliphatic heterocycles. The van der Waals surface area contributed by atoms with E-state index in [1.165, 1.54) is 16.9 Å². The SMILES string of the molecule is CN=CN(CC(C)/C=C/Cl)C(=O)c1cc2c(N(C)C)ccnc2s1. The Balaban J connectivity index is 2.36. The van der Waals surface area contributed by atoms with Crippen LogP contribution in [0.3, 0.4) is 0 Å². The Labute approximate surface area is 151 Å². The van der Waals surface area contributed by atoms with Crippen molar-refractivity contribution in [3.63, 3.8) is 0 Å². The van der Waals surface area contributed by atoms with Crippen LogP contribution in [0.15, 0.2) is 34.9 Å². The molecule has 0 spiro atoms. The predicted molar refractivity (Wildman–Crippen MR) is 104 cm³/mol. The maximum absolute atomic E-state index is 12.9. The van der Waals surface area contributed by atoms with Gasteiger partial charge < -0.3 is 4.90 Å². The second-order valence-electron chi connectivity index (χ2n) is 5.68. The lowest BCUT2D eigenvalue weighted by Gasteiger charge is -2.19. The van der Waals surface area contributed by atoms with Gasteiger partial charge in [0.15, 0.2) is 0 Å². The fourth-order valence-electron chi connectivity index (χ4n) is 2.38. The Morgan fingerprint density at radius 2 is 2.25 bits per heavy atom. The van der Waals surface area contributed by atoms with E-state index in [1.807, 2.05) is 44.1 Å². The number of nitrogens with zero attached hydrogens (tertiary/aromatic N) is 4. The van der Waals surface area contributed by atoms with Gasteiger partial charge in [0.1, 0.15) is 4.83 Å². The summed E-state index contributed by atoms with van der Waals surface area (Å²) >= 11 is 7.02. The number of thiophene rings is 1. The summed E-state index contributed by atoms with van der Waals surface area (Å²) in [5, 5.41) is 0.984. The fraction of sp³-hybridized carbons (Fsp3) is 0.353. The molecule has 2 heterocycles. The zero-order valence-corrected chi connectivity index (χ0v) is 15.8. The van der Waals surface area contributed by atoms with Crippen LogP contribution in [-0.4, -0.2) is 49.8 Å². The normalized spacial score (nSPS) is 13.0. The van der Waals surface area contributed by atoms with Crippen molar-refractivity contribution < 1.29 is 4.79 Å². The summed E-state index contributed by atoms with van der Waals surface area (Å²) in [6, 6.07) is 3.85. The van der Waals surface area contributed by atoms with Gasteiger partial charge in [-0.1, -0.05) is 24.6 Å². The number of carbonyl (C=O) groups excluding carboxylic acids is 1. The van der Waals surface area contributed by atoms with E-state index in [2.05, 4.69) is 9.98 Å². The van der Waals surface area contributed by atoms with Gasteiger partial charge in [-0.05, 0) is 18.1 Å². The predicted octanol–water partition coefficient (Wildman–Crippen LogP) is 3.85. The van der Waals surface area contributed by atoms with Gasteiger partial charge in [0.05, 0.1) is 11.2 Å². The molecule has 2 aromatic rings. The molecule has 2 rings (SSSR count). The molecule has 0 aliphatic rings. The van der Waals surface area contributed by atoms with E-state index in [1.54, 1.807) is 24.5 Å². The smallest absolute Gasteiger partial charge is 0.269 e. The minimum Gasteiger partial charge on any atom is -0.377 e. The Morgan fingerprint density at radius 1 is 1.50 bits per heavy atom. The van der Waals surface area contributed by atoms with Gasteiger partial charge >= 0.3 is 0 Å². The molecule has 0 aromatic carbocycles. The first kappa shape index (κ1) is 18.4. The molecule has 0 fully saturated rings. The number of pyridine rings is 1. The highest BCUT2D eigenvalue weighted by Crippen LogP contribution is 2.31. The zero-order valence-electron chi connectivity index (χ0n) is 14.2. The minimum absolute atomic E-state index is 0.0804. The van der Waals surface area contributed by atoms with E-state index in [9.17, 15) is 4.79 Å². The van der Waals surface area contributed by atoms with E-state index in [0.29, 0.717) is 11.4 Å². The van der Waals surface area contributed by atoms with Crippen LogP contribution in [0.5, 0.6) is 0 Å². The van der Waals surface area contributed by atoms with Crippen molar-refractivity contribution in [3.05, 3.63) is 34.8 Å². The first-order chi connectivity index (χ1) is 11.5. The molecule has 0 saturated carbocycles. The van der Waals surface area contributed by atoms with Gasteiger partial charge in [-0.25, -0.2) is 4.98 Å². The Hall–Kier alpha value is -1.92. The molecule has 1 atom stereocenters. The van der Waals surface area contributed by atoms with Crippen molar-refractivity contribution >= 4 is 51.1 Å². The lowest BCUT2D eigenvalue weighted by atomic mass is 10.1. The number of aromatic nitrogens is 1. The second-order valence-corrected chi connectivity index (χ2v) is 6.96. The number of amides is 1. The number of fused-ring (bicyclic) bond motifs is 1. The van der Waals surface area contributed by atoms with Crippen LogP contribution in [0.1, 0.15) is 16.6 Å². The molecule has 0 aliphatic carbocycles. The van der Waals surface area contributed by atoms with Crippen LogP contribution >= 0.6 is 22.9 Å². The molecule has 0 N–H and O–H groups in total. The molecule has 0 bridgehead atoms. The monoisotopic (exact) mass is 364 g/mol. The van der Waals surface area contributed by atoms with Crippen molar-refractivity contribution in [1.82, 2.24) is 9.88 Å². The van der Waals surface area contributed by atoms with Crippen LogP contribution in [-0.2, 0) is 0 Å². The van der Waals surface area contributed by atoms with Crippen molar-refractivity contribution in [3.8, 4) is 0 Å². The third-order valence-corrected chi connectivity index (χ3v) is 4.68. The quantitative estimate of drug-likeness (QED) is 0.577. The fourth-order valence-corrected chi connectivity index (χ4v) is 3.61. The summed E-state index contributed by atoms with van der Waals surface area (Å²) in [7, 11) is 5.60. The Kier molecular flexibility index (Phi) is 6.34. The molecular weight excluding hydrogens is 344 g/mol. The molecule has 2 aromatic heterocycles. The molecule has 5 nitrogen and oxygen atoms in total. The average molecular weight is 365 g/mol. The van der Waals surface area contributed by atoms with Gasteiger partial charge in [0.2, 0.25) is 0 Å². The number of anilines is 1. The molecule has 0 radical (unpaired) electrons. The van der Waals surface area contributed by atoms with Crippen LogP contribution in [0, 0.1) is 5.92 Å². The van der Waals surface area contributed by atoms with Crippen LogP contribution in [0.25, 0.3) is 10.2 Å². The van der Waals surface area contributed by atoms with Gasteiger partial charge in [-0.2, -0.15) is 0 Å². The van der Waals surface area contributed by atoms with E-state index >= 15 is 0 Å². The topological polar surface area (TPSA) is 48.8 Å². The van der Waals surface area contributed by atoms with Gasteiger partial charge in [-0.15, -0.1) is 11.3 Å². The first-order valence-corrected chi connectivity index (χ1v) is 8.79. The van der Waals surface area contributed by atoms with E-state index < -0.39 is 0 Å². The molecule has 0 saturated heterocycles. The van der Waals surface area contributed by atoms with Crippen molar-refractivity contribution in [2.24, 2.45) is 10.9 Å². The standard InChI is InChI=1S/C17H21ClN4OS/c1-12(5-7-18)10-22(11-19-2)17(23)15-9-13-14(21(3)4)6-8-20-16(13)24-15/h5-9,11-12H,10H2,1-4H3/b7-5+,19-11?.